The Labute approximate surface area is 177 Å². The molecular weight excluding hydrogens is 372 g/mol. The maximum atomic E-state index is 4.66. The number of benzene rings is 1. The molecule has 2 aliphatic carbocycles. The largest absolute Gasteiger partial charge is 0.327 e. The summed E-state index contributed by atoms with van der Waals surface area (Å²) in [6.07, 6.45) is 9.43. The second-order valence-corrected chi connectivity index (χ2v) is 9.71. The fourth-order valence-corrected chi connectivity index (χ4v) is 5.42. The van der Waals surface area contributed by atoms with Gasteiger partial charge in [-0.05, 0) is 54.9 Å². The summed E-state index contributed by atoms with van der Waals surface area (Å²) in [5.74, 6) is 2.17. The van der Waals surface area contributed by atoms with Crippen LogP contribution in [0.4, 0.5) is 5.95 Å². The third kappa shape index (κ3) is 3.18. The molecule has 30 heavy (non-hydrogen) atoms. The minimum Gasteiger partial charge on any atom is -0.327 e. The van der Waals surface area contributed by atoms with Gasteiger partial charge in [-0.1, -0.05) is 50.6 Å². The molecule has 2 heterocycles. The molecule has 0 radical (unpaired) electrons. The monoisotopic (exact) mass is 402 g/mol. The Morgan fingerprint density at radius 1 is 1.23 bits per heavy atom. The van der Waals surface area contributed by atoms with E-state index in [0.29, 0.717) is 29.1 Å². The molecule has 0 aliphatic heterocycles. The number of nitrogens with zero attached hydrogens (tertiary/aromatic N) is 5. The zero-order valence-electron chi connectivity index (χ0n) is 18.3. The summed E-state index contributed by atoms with van der Waals surface area (Å²) < 4.78 is 2.05. The van der Waals surface area contributed by atoms with Crippen molar-refractivity contribution in [3.63, 3.8) is 0 Å². The summed E-state index contributed by atoms with van der Waals surface area (Å²) in [6, 6.07) is 8.17. The molecule has 156 valence electrons. The van der Waals surface area contributed by atoms with Crippen LogP contribution >= 0.6 is 0 Å². The van der Waals surface area contributed by atoms with Crippen LogP contribution in [0.25, 0.3) is 22.1 Å². The van der Waals surface area contributed by atoms with Gasteiger partial charge in [-0.15, -0.1) is 10.2 Å². The number of hydrogen-bond donors (Lipinski definition) is 1. The first kappa shape index (κ1) is 19.2. The molecule has 0 bridgehead atoms. The second kappa shape index (κ2) is 7.18. The van der Waals surface area contributed by atoms with Crippen LogP contribution in [0.2, 0.25) is 0 Å². The molecular formula is C24H30N6. The summed E-state index contributed by atoms with van der Waals surface area (Å²) >= 11 is 0. The highest BCUT2D eigenvalue weighted by Gasteiger charge is 2.40. The third-order valence-corrected chi connectivity index (χ3v) is 7.32. The van der Waals surface area contributed by atoms with Gasteiger partial charge in [0.25, 0.3) is 5.95 Å². The Bertz CT molecular complexity index is 1160. The van der Waals surface area contributed by atoms with Crippen LogP contribution in [0.15, 0.2) is 41.0 Å². The predicted octanol–water partition coefficient (Wildman–Crippen LogP) is 5.32. The van der Waals surface area contributed by atoms with Crippen LogP contribution in [0, 0.1) is 23.2 Å². The first-order valence-corrected chi connectivity index (χ1v) is 11.0. The van der Waals surface area contributed by atoms with Crippen molar-refractivity contribution in [2.75, 3.05) is 5.43 Å². The molecule has 3 atom stereocenters. The molecule has 2 aromatic heterocycles. The summed E-state index contributed by atoms with van der Waals surface area (Å²) in [5.41, 5.74) is 7.82. The fraction of sp³-hybridized carbons (Fsp3) is 0.500. The van der Waals surface area contributed by atoms with Crippen molar-refractivity contribution >= 4 is 34.2 Å². The number of rotatable bonds is 3. The normalized spacial score (nSPS) is 26.1. The maximum Gasteiger partial charge on any atom is 0.265 e. The zero-order valence-corrected chi connectivity index (χ0v) is 18.3. The minimum atomic E-state index is 0.385. The van der Waals surface area contributed by atoms with Gasteiger partial charge in [0.1, 0.15) is 5.52 Å². The topological polar surface area (TPSA) is 68.0 Å². The number of aryl methyl sites for hydroxylation is 1. The number of anilines is 1. The second-order valence-electron chi connectivity index (χ2n) is 9.71. The molecule has 3 aromatic rings. The van der Waals surface area contributed by atoms with Crippen LogP contribution in [0.3, 0.4) is 0 Å². The number of fused-ring (bicyclic) bond motifs is 4. The number of aromatic nitrogens is 4. The lowest BCUT2D eigenvalue weighted by Gasteiger charge is -2.46. The molecule has 0 saturated heterocycles. The fourth-order valence-electron chi connectivity index (χ4n) is 5.42. The van der Waals surface area contributed by atoms with Crippen molar-refractivity contribution in [1.29, 1.82) is 0 Å². The van der Waals surface area contributed by atoms with E-state index in [0.717, 1.165) is 22.1 Å². The van der Waals surface area contributed by atoms with Crippen LogP contribution < -0.4 is 5.43 Å². The summed E-state index contributed by atoms with van der Waals surface area (Å²) in [5, 5.41) is 14.3. The predicted molar refractivity (Wildman–Crippen MR) is 122 cm³/mol. The van der Waals surface area contributed by atoms with Crippen molar-refractivity contribution in [2.45, 2.75) is 46.5 Å². The SMILES string of the molecule is C[C@@H]1CC2=CCCC(C)(C)[C@@H]2C[C@@H]1/C=N\Nc1nnc2c3ccccc3n(C)c2n1. The summed E-state index contributed by atoms with van der Waals surface area (Å²) in [6.45, 7) is 7.19. The number of hydrazone groups is 1. The molecule has 1 saturated carbocycles. The van der Waals surface area contributed by atoms with Gasteiger partial charge in [0, 0.05) is 18.6 Å². The van der Waals surface area contributed by atoms with E-state index in [9.17, 15) is 0 Å². The molecule has 1 fully saturated rings. The van der Waals surface area contributed by atoms with E-state index in [1.54, 1.807) is 5.57 Å². The first-order chi connectivity index (χ1) is 14.4. The molecule has 1 aromatic carbocycles. The zero-order chi connectivity index (χ0) is 20.9. The van der Waals surface area contributed by atoms with Crippen molar-refractivity contribution in [1.82, 2.24) is 19.7 Å². The van der Waals surface area contributed by atoms with Gasteiger partial charge in [-0.2, -0.15) is 10.1 Å². The molecule has 0 spiro atoms. The van der Waals surface area contributed by atoms with Crippen molar-refractivity contribution in [3.05, 3.63) is 35.9 Å². The lowest BCUT2D eigenvalue weighted by molar-refractivity contribution is 0.149. The van der Waals surface area contributed by atoms with E-state index in [1.165, 1.54) is 25.7 Å². The number of nitrogens with one attached hydrogen (secondary N) is 1. The molecule has 6 nitrogen and oxygen atoms in total. The van der Waals surface area contributed by atoms with Gasteiger partial charge in [-0.3, -0.25) is 0 Å². The molecule has 1 N–H and O–H groups in total. The van der Waals surface area contributed by atoms with E-state index in [1.807, 2.05) is 19.2 Å². The average molecular weight is 403 g/mol. The van der Waals surface area contributed by atoms with Crippen LogP contribution in [-0.4, -0.2) is 26.0 Å². The Balaban J connectivity index is 1.35. The quantitative estimate of drug-likeness (QED) is 0.366. The smallest absolute Gasteiger partial charge is 0.265 e. The van der Waals surface area contributed by atoms with Gasteiger partial charge in [-0.25, -0.2) is 5.43 Å². The highest BCUT2D eigenvalue weighted by molar-refractivity contribution is 6.04. The lowest BCUT2D eigenvalue weighted by atomic mass is 9.59. The molecule has 0 unspecified atom stereocenters. The Morgan fingerprint density at radius 3 is 2.93 bits per heavy atom. The number of para-hydroxylation sites is 1. The minimum absolute atomic E-state index is 0.385. The average Bonchev–Trinajstić information content (AvgIpc) is 3.01. The Morgan fingerprint density at radius 2 is 2.07 bits per heavy atom. The van der Waals surface area contributed by atoms with Crippen LogP contribution in [0.1, 0.15) is 46.5 Å². The van der Waals surface area contributed by atoms with Crippen molar-refractivity contribution in [3.8, 4) is 0 Å². The standard InChI is InChI=1S/C24H30N6/c1-15-12-16-8-7-11-24(2,3)19(16)13-17(15)14-25-28-23-26-22-21(27-29-23)18-9-5-6-10-20(18)30(22)4/h5-6,8-10,14-15,17,19H,7,11-13H2,1-4H3,(H,26,28,29)/b25-14-/t15-,17-,19-/m1/s1. The first-order valence-electron chi connectivity index (χ1n) is 11.0. The molecule has 6 heteroatoms. The van der Waals surface area contributed by atoms with Crippen molar-refractivity contribution in [2.24, 2.45) is 35.3 Å². The highest BCUT2D eigenvalue weighted by Crippen LogP contribution is 2.50. The van der Waals surface area contributed by atoms with Crippen LogP contribution in [0.5, 0.6) is 0 Å². The third-order valence-electron chi connectivity index (χ3n) is 7.32. The highest BCUT2D eigenvalue weighted by atomic mass is 15.4. The van der Waals surface area contributed by atoms with E-state index in [2.05, 4.69) is 75.5 Å². The van der Waals surface area contributed by atoms with E-state index >= 15 is 0 Å². The van der Waals surface area contributed by atoms with Gasteiger partial charge < -0.3 is 4.57 Å². The molecule has 2 aliphatic rings. The van der Waals surface area contributed by atoms with Crippen molar-refractivity contribution < 1.29 is 0 Å². The summed E-state index contributed by atoms with van der Waals surface area (Å²) in [7, 11) is 2.01. The summed E-state index contributed by atoms with van der Waals surface area (Å²) in [4.78, 5) is 4.66. The van der Waals surface area contributed by atoms with E-state index in [-0.39, 0.29) is 0 Å². The van der Waals surface area contributed by atoms with Gasteiger partial charge >= 0.3 is 0 Å². The van der Waals surface area contributed by atoms with Gasteiger partial charge in [0.2, 0.25) is 0 Å². The number of allylic oxidation sites excluding steroid dienone is 2. The van der Waals surface area contributed by atoms with E-state index in [4.69, 9.17) is 0 Å². The maximum absolute atomic E-state index is 4.66. The van der Waals surface area contributed by atoms with E-state index < -0.39 is 0 Å². The molecule has 5 rings (SSSR count). The number of hydrogen-bond acceptors (Lipinski definition) is 5. The Hall–Kier alpha value is -2.76. The molecule has 0 amide bonds. The lowest BCUT2D eigenvalue weighted by Crippen LogP contribution is -2.36. The van der Waals surface area contributed by atoms with Gasteiger partial charge in [0.15, 0.2) is 5.65 Å². The Kier molecular flexibility index (Phi) is 4.60. The van der Waals surface area contributed by atoms with Crippen LogP contribution in [-0.2, 0) is 7.05 Å². The van der Waals surface area contributed by atoms with Gasteiger partial charge in [0.05, 0.1) is 5.52 Å².